The number of benzene rings is 3. The molecule has 0 fully saturated rings. The first-order valence-corrected chi connectivity index (χ1v) is 27.8. The zero-order valence-corrected chi connectivity index (χ0v) is 40.0. The van der Waals surface area contributed by atoms with Gasteiger partial charge in [0.1, 0.15) is 24.1 Å². The van der Waals surface area contributed by atoms with Crippen LogP contribution in [-0.2, 0) is 57.3 Å². The standard InChI is InChI=1S/C22H32N3O8P3S.C7H7NO.CH4NPS.H4N3P3/c1-24(23-16-20-6-10-21(26)11-7-20)34(37)33-22-12-8-19(9-13-22)14-15-25(17-35(27,29-2)30-3)18-36(28,31-4)32-5;8-5-6-1-3-7(9)4-2-6;1-2-3-4;1-2-3-6(4)5/h6-13,16H,14-15,17-18H2,1-5H3;1-5,8-9H;1H3,(H,2,4);4-5H2/p+1. The zero-order chi connectivity index (χ0) is 42.6. The molecular weight excluding hydrogens is 897 g/mol. The smallest absolute Gasteiger partial charge is 0.508 e. The summed E-state index contributed by atoms with van der Waals surface area (Å²) >= 11 is 9.87. The first-order chi connectivity index (χ1) is 26.6. The summed E-state index contributed by atoms with van der Waals surface area (Å²) in [6.45, 7) is 0.399. The van der Waals surface area contributed by atoms with E-state index in [9.17, 15) is 14.2 Å². The van der Waals surface area contributed by atoms with Gasteiger partial charge in [0.05, 0.1) is 20.8 Å². The summed E-state index contributed by atoms with van der Waals surface area (Å²) in [6, 6.07) is 20.5. The normalized spacial score (nSPS) is 11.3. The van der Waals surface area contributed by atoms with Gasteiger partial charge in [-0.3, -0.25) is 23.6 Å². The highest BCUT2D eigenvalue weighted by Crippen LogP contribution is 2.54. The Balaban J connectivity index is 0.00000129. The summed E-state index contributed by atoms with van der Waals surface area (Å²) in [5.41, 5.74) is 10.3. The van der Waals surface area contributed by atoms with Crippen LogP contribution in [0.1, 0.15) is 16.7 Å². The SMILES string of the molecule is CNP=S.COP(=O)(CN(CCc1ccc(O[P+](=S)N(C)/N=C/c2ccc(O)cc2)cc1)CP(=O)(OC)OC)OC.N=Cc1ccc(O)cc1.[N-]=[N+]=NP(P)P. The van der Waals surface area contributed by atoms with Crippen molar-refractivity contribution in [1.29, 1.82) is 5.41 Å². The highest BCUT2D eigenvalue weighted by Gasteiger charge is 2.31. The first kappa shape index (κ1) is 54.1. The third-order valence-corrected chi connectivity index (χ3v) is 13.7. The summed E-state index contributed by atoms with van der Waals surface area (Å²) in [5, 5.41) is 32.0. The summed E-state index contributed by atoms with van der Waals surface area (Å²) in [4.78, 5) is 7.52. The van der Waals surface area contributed by atoms with E-state index in [4.69, 9.17) is 50.5 Å². The Bertz CT molecular complexity index is 1740. The van der Waals surface area contributed by atoms with E-state index in [-0.39, 0.29) is 24.1 Å². The van der Waals surface area contributed by atoms with Gasteiger partial charge in [-0.05, 0) is 108 Å². The Morgan fingerprint density at radius 1 is 0.929 bits per heavy atom. The van der Waals surface area contributed by atoms with Crippen molar-refractivity contribution in [3.8, 4) is 17.2 Å². The second kappa shape index (κ2) is 31.0. The van der Waals surface area contributed by atoms with Gasteiger partial charge in [-0.25, -0.2) is 0 Å². The molecule has 0 aliphatic carbocycles. The Kier molecular flexibility index (Phi) is 30.0. The van der Waals surface area contributed by atoms with E-state index in [1.807, 2.05) is 31.3 Å². The van der Waals surface area contributed by atoms with Gasteiger partial charge in [-0.2, -0.15) is 0 Å². The maximum Gasteiger partial charge on any atom is 0.540 e. The minimum absolute atomic E-state index is 0.0743. The average molecular weight is 946 g/mol. The molecule has 0 heterocycles. The molecule has 3 aromatic rings. The van der Waals surface area contributed by atoms with Crippen LogP contribution < -0.4 is 9.61 Å². The topological polar surface area (TPSA) is 224 Å². The van der Waals surface area contributed by atoms with Crippen molar-refractivity contribution in [2.45, 2.75) is 6.42 Å². The van der Waals surface area contributed by atoms with Gasteiger partial charge in [0.25, 0.3) is 0 Å². The van der Waals surface area contributed by atoms with Crippen molar-refractivity contribution < 1.29 is 42.0 Å². The summed E-state index contributed by atoms with van der Waals surface area (Å²) in [7, 11) is 5.58. The van der Waals surface area contributed by atoms with Crippen molar-refractivity contribution in [2.75, 3.05) is 61.7 Å². The van der Waals surface area contributed by atoms with Crippen LogP contribution in [0, 0.1) is 5.41 Å². The van der Waals surface area contributed by atoms with Crippen molar-refractivity contribution in [2.24, 2.45) is 9.99 Å². The third-order valence-electron chi connectivity index (χ3n) is 6.48. The molecule has 0 saturated carbocycles. The lowest BCUT2D eigenvalue weighted by atomic mass is 10.1. The highest BCUT2D eigenvalue weighted by molar-refractivity contribution is 8.42. The van der Waals surface area contributed by atoms with E-state index in [1.54, 1.807) is 71.5 Å². The van der Waals surface area contributed by atoms with Gasteiger partial charge in [-0.1, -0.05) is 21.8 Å². The van der Waals surface area contributed by atoms with E-state index in [0.717, 1.165) is 24.2 Å². The molecule has 3 atom stereocenters. The summed E-state index contributed by atoms with van der Waals surface area (Å²) in [5.74, 6) is 1.02. The molecule has 0 bridgehead atoms. The fourth-order valence-electron chi connectivity index (χ4n) is 3.58. The minimum Gasteiger partial charge on any atom is -0.508 e. The molecule has 0 spiro atoms. The van der Waals surface area contributed by atoms with Crippen LogP contribution in [0.5, 0.6) is 17.2 Å². The monoisotopic (exact) mass is 945 g/mol. The Hall–Kier alpha value is -1.94. The second-order valence-corrected chi connectivity index (χ2v) is 24.0. The Morgan fingerprint density at radius 3 is 1.73 bits per heavy atom. The Morgan fingerprint density at radius 2 is 1.38 bits per heavy atom. The molecule has 0 aliphatic heterocycles. The number of hydrazone groups is 1. The van der Waals surface area contributed by atoms with Crippen LogP contribution in [0.3, 0.4) is 0 Å². The molecule has 0 radical (unpaired) electrons. The number of rotatable bonds is 19. The zero-order valence-electron chi connectivity index (χ0n) is 31.6. The van der Waals surface area contributed by atoms with Gasteiger partial charge in [0, 0.05) is 53.6 Å². The fraction of sp³-hybridized carbons (Fsp3) is 0.333. The van der Waals surface area contributed by atoms with Crippen molar-refractivity contribution in [1.82, 2.24) is 14.8 Å². The van der Waals surface area contributed by atoms with Gasteiger partial charge in [0.15, 0.2) is 5.75 Å². The first-order valence-electron chi connectivity index (χ1n) is 15.6. The largest absolute Gasteiger partial charge is 0.540 e. The lowest BCUT2D eigenvalue weighted by molar-refractivity contribution is 0.224. The van der Waals surface area contributed by atoms with Crippen LogP contribution in [0.15, 0.2) is 82.8 Å². The van der Waals surface area contributed by atoms with Crippen molar-refractivity contribution in [3.63, 3.8) is 0 Å². The molecule has 3 aromatic carbocycles. The van der Waals surface area contributed by atoms with Crippen LogP contribution in [0.25, 0.3) is 10.4 Å². The molecule has 3 unspecified atom stereocenters. The molecule has 3 rings (SSSR count). The molecule has 308 valence electrons. The predicted octanol–water partition coefficient (Wildman–Crippen LogP) is 9.43. The average Bonchev–Trinajstić information content (AvgIpc) is 3.20. The number of azide groups is 1. The quantitative estimate of drug-likeness (QED) is 0.0219. The number of nitrogens with one attached hydrogen (secondary N) is 2. The van der Waals surface area contributed by atoms with E-state index in [1.165, 1.54) is 34.7 Å². The highest BCUT2D eigenvalue weighted by atomic mass is 32.4. The van der Waals surface area contributed by atoms with Crippen LogP contribution >= 0.6 is 55.1 Å². The van der Waals surface area contributed by atoms with E-state index >= 15 is 0 Å². The van der Waals surface area contributed by atoms with Crippen LogP contribution in [0.4, 0.5) is 0 Å². The Labute approximate surface area is 346 Å². The molecule has 0 saturated heterocycles. The summed E-state index contributed by atoms with van der Waals surface area (Å²) < 4.78 is 52.9. The lowest BCUT2D eigenvalue weighted by Gasteiger charge is -2.27. The van der Waals surface area contributed by atoms with Gasteiger partial charge >= 0.3 is 22.3 Å². The van der Waals surface area contributed by atoms with E-state index < -0.39 is 29.7 Å². The molecule has 26 heteroatoms. The number of hydrogen-bond donors (Lipinski definition) is 4. The van der Waals surface area contributed by atoms with E-state index in [2.05, 4.69) is 49.6 Å². The van der Waals surface area contributed by atoms with Gasteiger partial charge in [0.2, 0.25) is 11.8 Å². The number of phenols is 2. The fourth-order valence-corrected chi connectivity index (χ4v) is 7.27. The maximum atomic E-state index is 12.7. The van der Waals surface area contributed by atoms with Crippen molar-refractivity contribution in [3.05, 3.63) is 99.9 Å². The van der Waals surface area contributed by atoms with E-state index in [0.29, 0.717) is 18.7 Å². The predicted molar refractivity (Wildman–Crippen MR) is 243 cm³/mol. The number of hydrogen-bond acceptors (Lipinski definition) is 15. The molecular formula is C30H48N8O9P7S2+. The maximum absolute atomic E-state index is 12.7. The second-order valence-electron chi connectivity index (χ2n) is 10.3. The minimum atomic E-state index is -3.39. The lowest BCUT2D eigenvalue weighted by Crippen LogP contribution is -2.29. The molecule has 0 aliphatic rings. The van der Waals surface area contributed by atoms with Gasteiger partial charge < -0.3 is 33.7 Å². The molecule has 0 aromatic heterocycles. The number of phenolic OH excluding ortho intramolecular Hbond substituents is 2. The third kappa shape index (κ3) is 24.7. The molecule has 17 nitrogen and oxygen atoms in total. The molecule has 56 heavy (non-hydrogen) atoms. The van der Waals surface area contributed by atoms with Crippen LogP contribution in [0.2, 0.25) is 0 Å². The molecule has 0 amide bonds. The van der Waals surface area contributed by atoms with Crippen LogP contribution in [-0.4, -0.2) is 94.0 Å². The number of nitrogens with zero attached hydrogens (tertiary/aromatic N) is 6. The number of aromatic hydroxyl groups is 2. The summed E-state index contributed by atoms with van der Waals surface area (Å²) in [6.07, 6.45) is 3.28. The van der Waals surface area contributed by atoms with Crippen molar-refractivity contribution >= 4 is 91.1 Å². The molecule has 4 N–H and O–H groups in total. The van der Waals surface area contributed by atoms with Gasteiger partial charge in [-0.15, -0.1) is 23.0 Å².